The zero-order valence-electron chi connectivity index (χ0n) is 15.5. The first-order valence-electron chi connectivity index (χ1n) is 9.12. The van der Waals surface area contributed by atoms with Gasteiger partial charge in [-0.1, -0.05) is 45.7 Å². The van der Waals surface area contributed by atoms with Crippen LogP contribution in [0.15, 0.2) is 48.5 Å². The number of ether oxygens (including phenoxy) is 2. The van der Waals surface area contributed by atoms with E-state index in [-0.39, 0.29) is 5.97 Å². The second-order valence-electron chi connectivity index (χ2n) is 6.71. The van der Waals surface area contributed by atoms with Gasteiger partial charge in [0.15, 0.2) is 0 Å². The van der Waals surface area contributed by atoms with Crippen LogP contribution >= 0.6 is 0 Å². The van der Waals surface area contributed by atoms with Crippen LogP contribution in [0.1, 0.15) is 56.0 Å². The molecule has 25 heavy (non-hydrogen) atoms. The molecule has 0 amide bonds. The van der Waals surface area contributed by atoms with Crippen molar-refractivity contribution < 1.29 is 14.3 Å². The van der Waals surface area contributed by atoms with Crippen LogP contribution in [0.3, 0.4) is 0 Å². The minimum Gasteiger partial charge on any atom is -0.494 e. The van der Waals surface area contributed by atoms with Gasteiger partial charge in [0.05, 0.1) is 12.2 Å². The molecule has 0 aliphatic heterocycles. The maximum absolute atomic E-state index is 12.2. The molecule has 0 aliphatic carbocycles. The van der Waals surface area contributed by atoms with Crippen molar-refractivity contribution in [1.29, 1.82) is 0 Å². The van der Waals surface area contributed by atoms with E-state index in [4.69, 9.17) is 9.47 Å². The molecule has 2 rings (SSSR count). The highest BCUT2D eigenvalue weighted by Crippen LogP contribution is 2.18. The summed E-state index contributed by atoms with van der Waals surface area (Å²) in [6.45, 7) is 7.24. The molecule has 134 valence electrons. The van der Waals surface area contributed by atoms with Gasteiger partial charge in [0.25, 0.3) is 0 Å². The minimum atomic E-state index is -0.353. The Balaban J connectivity index is 1.87. The Hall–Kier alpha value is -2.29. The molecule has 0 saturated heterocycles. The molecule has 0 fully saturated rings. The summed E-state index contributed by atoms with van der Waals surface area (Å²) in [5, 5.41) is 0. The standard InChI is InChI=1S/C22H28O3/c1-4-5-6-15-24-20-13-9-19(10-14-20)22(23)25-21-11-7-18(8-12-21)16-17(2)3/h7-14,17H,4-6,15-16H2,1-3H3. The van der Waals surface area contributed by atoms with Crippen LogP contribution in [-0.4, -0.2) is 12.6 Å². The van der Waals surface area contributed by atoms with Gasteiger partial charge in [-0.3, -0.25) is 0 Å². The Morgan fingerprint density at radius 3 is 2.16 bits per heavy atom. The van der Waals surface area contributed by atoms with Crippen molar-refractivity contribution in [2.24, 2.45) is 5.92 Å². The van der Waals surface area contributed by atoms with E-state index >= 15 is 0 Å². The summed E-state index contributed by atoms with van der Waals surface area (Å²) < 4.78 is 11.1. The first-order chi connectivity index (χ1) is 12.1. The van der Waals surface area contributed by atoms with Gasteiger partial charge < -0.3 is 9.47 Å². The van der Waals surface area contributed by atoms with Gasteiger partial charge in [-0.15, -0.1) is 0 Å². The van der Waals surface area contributed by atoms with Crippen molar-refractivity contribution in [1.82, 2.24) is 0 Å². The van der Waals surface area contributed by atoms with E-state index < -0.39 is 0 Å². The molecule has 3 nitrogen and oxygen atoms in total. The highest BCUT2D eigenvalue weighted by molar-refractivity contribution is 5.91. The average Bonchev–Trinajstić information content (AvgIpc) is 2.60. The highest BCUT2D eigenvalue weighted by atomic mass is 16.5. The van der Waals surface area contributed by atoms with Gasteiger partial charge in [0.2, 0.25) is 0 Å². The lowest BCUT2D eigenvalue weighted by Crippen LogP contribution is -2.08. The fourth-order valence-corrected chi connectivity index (χ4v) is 2.56. The maximum Gasteiger partial charge on any atom is 0.343 e. The van der Waals surface area contributed by atoms with Crippen molar-refractivity contribution in [3.05, 3.63) is 59.7 Å². The van der Waals surface area contributed by atoms with Crippen LogP contribution in [0, 0.1) is 5.92 Å². The molecule has 0 spiro atoms. The van der Waals surface area contributed by atoms with Gasteiger partial charge in [-0.2, -0.15) is 0 Å². The molecular weight excluding hydrogens is 312 g/mol. The molecule has 0 N–H and O–H groups in total. The Morgan fingerprint density at radius 2 is 1.56 bits per heavy atom. The lowest BCUT2D eigenvalue weighted by molar-refractivity contribution is 0.0734. The van der Waals surface area contributed by atoms with E-state index in [9.17, 15) is 4.79 Å². The summed E-state index contributed by atoms with van der Waals surface area (Å²) in [5.74, 6) is 1.60. The van der Waals surface area contributed by atoms with Crippen LogP contribution in [-0.2, 0) is 6.42 Å². The molecule has 0 unspecified atom stereocenters. The normalized spacial score (nSPS) is 10.7. The molecule has 2 aromatic rings. The van der Waals surface area contributed by atoms with Crippen molar-refractivity contribution in [2.45, 2.75) is 46.5 Å². The largest absolute Gasteiger partial charge is 0.494 e. The monoisotopic (exact) mass is 340 g/mol. The van der Waals surface area contributed by atoms with Crippen molar-refractivity contribution in [2.75, 3.05) is 6.61 Å². The number of esters is 1. The lowest BCUT2D eigenvalue weighted by Gasteiger charge is -2.08. The summed E-state index contributed by atoms with van der Waals surface area (Å²) in [5.41, 5.74) is 1.77. The number of hydrogen-bond donors (Lipinski definition) is 0. The summed E-state index contributed by atoms with van der Waals surface area (Å²) in [7, 11) is 0. The number of benzene rings is 2. The number of rotatable bonds is 9. The van der Waals surface area contributed by atoms with Gasteiger partial charge in [0.1, 0.15) is 11.5 Å². The molecule has 0 atom stereocenters. The summed E-state index contributed by atoms with van der Waals surface area (Å²) in [4.78, 5) is 12.2. The van der Waals surface area contributed by atoms with E-state index in [0.29, 0.717) is 23.8 Å². The van der Waals surface area contributed by atoms with E-state index in [0.717, 1.165) is 18.6 Å². The Labute approximate surface area is 151 Å². The molecule has 2 aromatic carbocycles. The van der Waals surface area contributed by atoms with Crippen LogP contribution in [0.4, 0.5) is 0 Å². The molecular formula is C22H28O3. The van der Waals surface area contributed by atoms with Gasteiger partial charge in [0, 0.05) is 0 Å². The number of hydrogen-bond acceptors (Lipinski definition) is 3. The van der Waals surface area contributed by atoms with E-state index in [1.165, 1.54) is 18.4 Å². The highest BCUT2D eigenvalue weighted by Gasteiger charge is 2.09. The third kappa shape index (κ3) is 6.61. The maximum atomic E-state index is 12.2. The smallest absolute Gasteiger partial charge is 0.343 e. The van der Waals surface area contributed by atoms with E-state index in [1.807, 2.05) is 36.4 Å². The van der Waals surface area contributed by atoms with Crippen LogP contribution in [0.2, 0.25) is 0 Å². The quantitative estimate of drug-likeness (QED) is 0.335. The van der Waals surface area contributed by atoms with Crippen molar-refractivity contribution in [3.63, 3.8) is 0 Å². The fraction of sp³-hybridized carbons (Fsp3) is 0.409. The third-order valence-electron chi connectivity index (χ3n) is 3.88. The Bertz CT molecular complexity index is 642. The number of carbonyl (C=O) groups excluding carboxylic acids is 1. The third-order valence-corrected chi connectivity index (χ3v) is 3.88. The van der Waals surface area contributed by atoms with E-state index in [1.54, 1.807) is 12.1 Å². The van der Waals surface area contributed by atoms with Gasteiger partial charge >= 0.3 is 5.97 Å². The first-order valence-corrected chi connectivity index (χ1v) is 9.12. The summed E-state index contributed by atoms with van der Waals surface area (Å²) in [6, 6.07) is 14.8. The average molecular weight is 340 g/mol. The lowest BCUT2D eigenvalue weighted by atomic mass is 10.0. The second-order valence-corrected chi connectivity index (χ2v) is 6.71. The molecule has 0 saturated carbocycles. The predicted molar refractivity (Wildman–Crippen MR) is 101 cm³/mol. The van der Waals surface area contributed by atoms with Gasteiger partial charge in [-0.05, 0) is 60.7 Å². The topological polar surface area (TPSA) is 35.5 Å². The first kappa shape index (κ1) is 19.0. The summed E-state index contributed by atoms with van der Waals surface area (Å²) >= 11 is 0. The zero-order valence-corrected chi connectivity index (χ0v) is 15.5. The Morgan fingerprint density at radius 1 is 0.920 bits per heavy atom. The summed E-state index contributed by atoms with van der Waals surface area (Å²) in [6.07, 6.45) is 4.41. The molecule has 0 aliphatic rings. The second kappa shape index (κ2) is 9.87. The minimum absolute atomic E-state index is 0.353. The molecule has 0 radical (unpaired) electrons. The fourth-order valence-electron chi connectivity index (χ4n) is 2.56. The van der Waals surface area contributed by atoms with E-state index in [2.05, 4.69) is 20.8 Å². The van der Waals surface area contributed by atoms with Crippen LogP contribution < -0.4 is 9.47 Å². The van der Waals surface area contributed by atoms with Crippen molar-refractivity contribution >= 4 is 5.97 Å². The number of unbranched alkanes of at least 4 members (excludes halogenated alkanes) is 2. The predicted octanol–water partition coefficient (Wildman–Crippen LogP) is 5.67. The van der Waals surface area contributed by atoms with Gasteiger partial charge in [-0.25, -0.2) is 4.79 Å². The molecule has 0 aromatic heterocycles. The van der Waals surface area contributed by atoms with Crippen LogP contribution in [0.5, 0.6) is 11.5 Å². The van der Waals surface area contributed by atoms with Crippen molar-refractivity contribution in [3.8, 4) is 11.5 Å². The Kier molecular flexibility index (Phi) is 7.52. The van der Waals surface area contributed by atoms with Crippen LogP contribution in [0.25, 0.3) is 0 Å². The molecule has 3 heteroatoms. The SMILES string of the molecule is CCCCCOc1ccc(C(=O)Oc2ccc(CC(C)C)cc2)cc1. The molecule has 0 heterocycles. The zero-order chi connectivity index (χ0) is 18.1. The number of carbonyl (C=O) groups is 1. The molecule has 0 bridgehead atoms.